The zero-order valence-corrected chi connectivity index (χ0v) is 5.58. The Hall–Kier alpha value is 0.572. The average Bonchev–Trinajstić information content (AvgIpc) is 0.722. The molecule has 0 aromatic carbocycles. The monoisotopic (exact) mass is 268 g/mol. The molecular formula is HO3ReS. The Balaban J connectivity index is 4.06. The standard InChI is InChI=1S/HO3S.Re/c1-4(2)3;/h(H,1,2,3);. The Bertz CT molecular complexity index is 90.1. The molecule has 0 unspecified atom stereocenters. The van der Waals surface area contributed by atoms with Gasteiger partial charge in [0.1, 0.15) is 0 Å². The number of hydrogen-bond acceptors (Lipinski definition) is 2. The average molecular weight is 267 g/mol. The predicted octanol–water partition coefficient (Wildman–Crippen LogP) is -0.664. The molecule has 0 aliphatic carbocycles. The van der Waals surface area contributed by atoms with Gasteiger partial charge in [-0.05, 0) is 0 Å². The molecular weight excluding hydrogens is 266 g/mol. The summed E-state index contributed by atoms with van der Waals surface area (Å²) in [5, 5.41) is 0. The van der Waals surface area contributed by atoms with Crippen LogP contribution in [-0.4, -0.2) is 13.0 Å². The van der Waals surface area contributed by atoms with Crippen LogP contribution in [0.25, 0.3) is 0 Å². The van der Waals surface area contributed by atoms with E-state index in [1.807, 2.05) is 0 Å². The second-order valence-electron chi connectivity index (χ2n) is 0.412. The maximum absolute atomic E-state index is 9.21. The van der Waals surface area contributed by atoms with Crippen LogP contribution >= 0.6 is 0 Å². The first-order valence-electron chi connectivity index (χ1n) is 0.670. The summed E-state index contributed by atoms with van der Waals surface area (Å²) in [6.07, 6.45) is 0. The van der Waals surface area contributed by atoms with Crippen molar-refractivity contribution in [3.63, 3.8) is 0 Å². The Morgan fingerprint density at radius 1 is 1.60 bits per heavy atom. The van der Waals surface area contributed by atoms with Crippen molar-refractivity contribution in [2.45, 2.75) is 0 Å². The van der Waals surface area contributed by atoms with Gasteiger partial charge >= 0.3 is 38.9 Å². The molecule has 32 valence electrons. The Morgan fingerprint density at radius 2 is 1.60 bits per heavy atom. The maximum atomic E-state index is 9.21. The summed E-state index contributed by atoms with van der Waals surface area (Å²) in [5.41, 5.74) is 0. The molecule has 0 aromatic heterocycles. The van der Waals surface area contributed by atoms with Crippen molar-refractivity contribution in [3.05, 3.63) is 0 Å². The van der Waals surface area contributed by atoms with Gasteiger partial charge < -0.3 is 0 Å². The number of hydrogen-bond donors (Lipinski definition) is 1. The Labute approximate surface area is 39.3 Å². The minimum atomic E-state index is -3.61. The fraction of sp³-hybridized carbons (Fsp3) is 0. The van der Waals surface area contributed by atoms with Gasteiger partial charge in [0.2, 0.25) is 0 Å². The van der Waals surface area contributed by atoms with Gasteiger partial charge in [-0.1, -0.05) is 0 Å². The van der Waals surface area contributed by atoms with Crippen LogP contribution in [0.4, 0.5) is 0 Å². The molecule has 5 heavy (non-hydrogen) atoms. The molecule has 5 heteroatoms. The van der Waals surface area contributed by atoms with Crippen LogP contribution in [0.1, 0.15) is 0 Å². The molecule has 0 rings (SSSR count). The third kappa shape index (κ3) is 92.4. The Kier molecular flexibility index (Phi) is 1.51. The van der Waals surface area contributed by atoms with E-state index in [0.29, 0.717) is 17.9 Å². The van der Waals surface area contributed by atoms with Crippen molar-refractivity contribution in [2.75, 3.05) is 0 Å². The first kappa shape index (κ1) is 5.57. The van der Waals surface area contributed by atoms with E-state index in [9.17, 15) is 8.42 Å². The van der Waals surface area contributed by atoms with Crippen LogP contribution < -0.4 is 0 Å². The van der Waals surface area contributed by atoms with Gasteiger partial charge in [0.15, 0.2) is 0 Å². The van der Waals surface area contributed by atoms with E-state index < -0.39 is 7.94 Å². The molecule has 0 aliphatic rings. The molecule has 0 spiro atoms. The molecule has 0 bridgehead atoms. The molecule has 0 heterocycles. The summed E-state index contributed by atoms with van der Waals surface area (Å²) in [5.74, 6) is 0. The summed E-state index contributed by atoms with van der Waals surface area (Å²) in [4.78, 5) is 0. The van der Waals surface area contributed by atoms with Gasteiger partial charge in [-0.15, -0.1) is 0 Å². The molecule has 0 atom stereocenters. The molecule has 0 fully saturated rings. The molecule has 0 saturated carbocycles. The van der Waals surface area contributed by atoms with Crippen LogP contribution in [0, 0.1) is 0 Å². The normalized spacial score (nSPS) is 11.6. The first-order chi connectivity index (χ1) is 2.00. The molecule has 1 N–H and O–H groups in total. The van der Waals surface area contributed by atoms with Crippen LogP contribution in [-0.2, 0) is 25.9 Å². The molecule has 0 amide bonds. The van der Waals surface area contributed by atoms with E-state index in [4.69, 9.17) is 4.55 Å². The van der Waals surface area contributed by atoms with Gasteiger partial charge in [0.25, 0.3) is 0 Å². The van der Waals surface area contributed by atoms with Gasteiger partial charge in [0.05, 0.1) is 0 Å². The molecule has 0 radical (unpaired) electrons. The van der Waals surface area contributed by atoms with Crippen molar-refractivity contribution in [1.29, 1.82) is 0 Å². The van der Waals surface area contributed by atoms with Gasteiger partial charge in [-0.3, -0.25) is 0 Å². The van der Waals surface area contributed by atoms with Crippen molar-refractivity contribution in [2.24, 2.45) is 0 Å². The minimum absolute atomic E-state index is 0.363. The van der Waals surface area contributed by atoms with Gasteiger partial charge in [-0.25, -0.2) is 0 Å². The van der Waals surface area contributed by atoms with Crippen molar-refractivity contribution < 1.29 is 30.9 Å². The third-order valence-corrected chi connectivity index (χ3v) is 0. The second kappa shape index (κ2) is 1.35. The molecule has 0 saturated heterocycles. The fourth-order valence-corrected chi connectivity index (χ4v) is 0. The quantitative estimate of drug-likeness (QED) is 0.593. The van der Waals surface area contributed by atoms with E-state index in [2.05, 4.69) is 0 Å². The van der Waals surface area contributed by atoms with Gasteiger partial charge in [-0.2, -0.15) is 0 Å². The zero-order chi connectivity index (χ0) is 4.50. The van der Waals surface area contributed by atoms with E-state index >= 15 is 0 Å². The van der Waals surface area contributed by atoms with Crippen LogP contribution in [0.5, 0.6) is 0 Å². The van der Waals surface area contributed by atoms with E-state index in [0.717, 1.165) is 0 Å². The van der Waals surface area contributed by atoms with Crippen LogP contribution in [0.2, 0.25) is 0 Å². The molecule has 0 aliphatic heterocycles. The zero-order valence-electron chi connectivity index (χ0n) is 2.05. The first-order valence-corrected chi connectivity index (χ1v) is 5.34. The van der Waals surface area contributed by atoms with Gasteiger partial charge in [0, 0.05) is 0 Å². The van der Waals surface area contributed by atoms with Crippen molar-refractivity contribution in [3.8, 4) is 0 Å². The fourth-order valence-electron chi connectivity index (χ4n) is 0. The second-order valence-corrected chi connectivity index (χ2v) is 5.44. The van der Waals surface area contributed by atoms with E-state index in [1.165, 1.54) is 0 Å². The SMILES string of the molecule is O=[S](=O)(O)[Re]. The summed E-state index contributed by atoms with van der Waals surface area (Å²) < 4.78 is 25.9. The topological polar surface area (TPSA) is 54.4 Å². The van der Waals surface area contributed by atoms with Crippen LogP contribution in [0.15, 0.2) is 0 Å². The summed E-state index contributed by atoms with van der Waals surface area (Å²) in [6.45, 7) is 0. The van der Waals surface area contributed by atoms with E-state index in [1.54, 1.807) is 0 Å². The summed E-state index contributed by atoms with van der Waals surface area (Å²) in [7, 11) is -3.61. The molecule has 0 aromatic rings. The van der Waals surface area contributed by atoms with Crippen molar-refractivity contribution >= 4 is 7.94 Å². The van der Waals surface area contributed by atoms with E-state index in [-0.39, 0.29) is 0 Å². The third-order valence-electron chi connectivity index (χ3n) is 0. The van der Waals surface area contributed by atoms with Crippen LogP contribution in [0.3, 0.4) is 0 Å². The molecule has 3 nitrogen and oxygen atoms in total. The predicted molar refractivity (Wildman–Crippen MR) is 11.5 cm³/mol. The summed E-state index contributed by atoms with van der Waals surface area (Å²) in [6, 6.07) is 0. The summed E-state index contributed by atoms with van der Waals surface area (Å²) >= 11 is 0.363. The van der Waals surface area contributed by atoms with Crippen molar-refractivity contribution in [1.82, 2.24) is 0 Å². The Morgan fingerprint density at radius 3 is 1.60 bits per heavy atom. The number of rotatable bonds is 0.